The molecule has 1 heterocycles. The Bertz CT molecular complexity index is 2350. The third-order valence-corrected chi connectivity index (χ3v) is 11.6. The molecule has 1 aromatic heterocycles. The van der Waals surface area contributed by atoms with Crippen LogP contribution in [0.25, 0.3) is 0 Å². The summed E-state index contributed by atoms with van der Waals surface area (Å²) in [5.41, 5.74) is 1.62. The molecule has 4 rings (SSSR count). The van der Waals surface area contributed by atoms with Crippen molar-refractivity contribution in [3.63, 3.8) is 0 Å². The van der Waals surface area contributed by atoms with Gasteiger partial charge in [-0.2, -0.15) is 0 Å². The van der Waals surface area contributed by atoms with Gasteiger partial charge in [-0.1, -0.05) is 23.4 Å². The topological polar surface area (TPSA) is 240 Å². The number of carboxylic acid groups (broad SMARTS) is 1. The van der Waals surface area contributed by atoms with Crippen LogP contribution in [0.15, 0.2) is 59.7 Å². The molecule has 0 unspecified atom stereocenters. The van der Waals surface area contributed by atoms with Crippen molar-refractivity contribution in [2.24, 2.45) is 4.99 Å². The van der Waals surface area contributed by atoms with Crippen LogP contribution in [0.2, 0.25) is 0 Å². The molecule has 3 N–H and O–H groups in total. The van der Waals surface area contributed by atoms with Gasteiger partial charge in [-0.3, -0.25) is 10.1 Å². The molecule has 0 spiro atoms. The van der Waals surface area contributed by atoms with Gasteiger partial charge in [-0.25, -0.2) is 14.3 Å². The maximum atomic E-state index is 12.3. The molecule has 0 bridgehead atoms. The fourth-order valence-electron chi connectivity index (χ4n) is 6.07. The van der Waals surface area contributed by atoms with Crippen LogP contribution in [-0.4, -0.2) is 141 Å². The largest absolute Gasteiger partial charge is 0.491 e. The normalized spacial score (nSPS) is 11.8. The van der Waals surface area contributed by atoms with Gasteiger partial charge >= 0.3 is 18.2 Å². The van der Waals surface area contributed by atoms with E-state index in [2.05, 4.69) is 93.7 Å². The minimum atomic E-state index is -0.875. The van der Waals surface area contributed by atoms with E-state index >= 15 is 0 Å². The van der Waals surface area contributed by atoms with Crippen LogP contribution < -0.4 is 24.8 Å². The molecule has 0 saturated carbocycles. The Kier molecular flexibility index (Phi) is 27.9. The molecule has 74 heavy (non-hydrogen) atoms. The van der Waals surface area contributed by atoms with Crippen LogP contribution in [0.3, 0.4) is 0 Å². The number of rotatable bonds is 31. The number of aliphatic imine (C=N–C) groups is 1. The van der Waals surface area contributed by atoms with Crippen LogP contribution in [0, 0.1) is 17.6 Å². The summed E-state index contributed by atoms with van der Waals surface area (Å²) in [6.45, 7) is 18.8. The van der Waals surface area contributed by atoms with E-state index in [0.29, 0.717) is 115 Å². The zero-order valence-corrected chi connectivity index (χ0v) is 49.3. The number of carbonyl (C=O) groups is 3. The van der Waals surface area contributed by atoms with Crippen LogP contribution in [-0.2, 0) is 68.8 Å². The van der Waals surface area contributed by atoms with Gasteiger partial charge in [0.25, 0.3) is 0 Å². The van der Waals surface area contributed by atoms with E-state index < -0.39 is 29.4 Å². The number of hydrogen-bond donors (Lipinski definition) is 3. The lowest BCUT2D eigenvalue weighted by atomic mass is 10.1. The summed E-state index contributed by atoms with van der Waals surface area (Å²) in [7, 11) is 0. The van der Waals surface area contributed by atoms with E-state index in [1.165, 1.54) is 0 Å². The number of nitrogens with one attached hydrogen (secondary N) is 2. The van der Waals surface area contributed by atoms with Gasteiger partial charge in [0.15, 0.2) is 0 Å². The van der Waals surface area contributed by atoms with Crippen molar-refractivity contribution in [3.05, 3.63) is 87.8 Å². The second-order valence-electron chi connectivity index (χ2n) is 18.0. The summed E-state index contributed by atoms with van der Waals surface area (Å²) in [5.74, 6) is 1.74. The average Bonchev–Trinajstić information content (AvgIpc) is 3.76. The van der Waals surface area contributed by atoms with Crippen molar-refractivity contribution in [1.29, 1.82) is 0 Å². The second kappa shape index (κ2) is 33.1. The van der Waals surface area contributed by atoms with Gasteiger partial charge < -0.3 is 62.5 Å². The van der Waals surface area contributed by atoms with Gasteiger partial charge in [0, 0.05) is 6.54 Å². The number of halogens is 3. The Morgan fingerprint density at radius 3 is 1.70 bits per heavy atom. The van der Waals surface area contributed by atoms with Crippen LogP contribution in [0.4, 0.5) is 9.59 Å². The SMILES string of the molecule is Cc1cc(CC(=O)O)cc(I)c1Oc1cc(I)c(OCc2cn(CCOCCOCCOCCOCCOCCOCCOc3ccc(CN/C(=N/C(=O)OC(C)(C)C)NC(=O)OC(C)(C)C)cc3)nn2)c(I)c1. The zero-order valence-electron chi connectivity index (χ0n) is 42.8. The molecule has 0 fully saturated rings. The number of carboxylic acids is 1. The third-order valence-electron chi connectivity index (χ3n) is 9.21. The maximum absolute atomic E-state index is 12.3. The molecule has 4 aromatic rings. The Labute approximate surface area is 473 Å². The van der Waals surface area contributed by atoms with Crippen LogP contribution in [0.5, 0.6) is 23.0 Å². The van der Waals surface area contributed by atoms with Gasteiger partial charge in [0.2, 0.25) is 5.96 Å². The number of aryl methyl sites for hydroxylation is 1. The van der Waals surface area contributed by atoms with Crippen molar-refractivity contribution in [2.75, 3.05) is 85.9 Å². The lowest BCUT2D eigenvalue weighted by molar-refractivity contribution is -0.136. The number of ether oxygens (including phenoxy) is 11. The number of carbonyl (C=O) groups excluding carboxylic acids is 2. The molecular weight excluding hydrogens is 1310 g/mol. The summed E-state index contributed by atoms with van der Waals surface area (Å²) in [5, 5.41) is 23.0. The van der Waals surface area contributed by atoms with E-state index in [1.807, 2.05) is 61.7 Å². The Hall–Kier alpha value is -4.17. The molecule has 2 amide bonds. The highest BCUT2D eigenvalue weighted by molar-refractivity contribution is 14.1. The molecule has 0 radical (unpaired) electrons. The monoisotopic (exact) mass is 1370 g/mol. The number of aliphatic carboxylic acids is 1. The predicted molar refractivity (Wildman–Crippen MR) is 298 cm³/mol. The van der Waals surface area contributed by atoms with E-state index in [4.69, 9.17) is 57.2 Å². The predicted octanol–water partition coefficient (Wildman–Crippen LogP) is 8.48. The molecule has 21 nitrogen and oxygen atoms in total. The number of amides is 2. The van der Waals surface area contributed by atoms with E-state index in [0.717, 1.165) is 33.2 Å². The third kappa shape index (κ3) is 26.5. The first-order chi connectivity index (χ1) is 35.2. The van der Waals surface area contributed by atoms with Crippen molar-refractivity contribution in [2.45, 2.75) is 85.8 Å². The number of alkyl carbamates (subject to hydrolysis) is 1. The van der Waals surface area contributed by atoms with Crippen molar-refractivity contribution < 1.29 is 71.6 Å². The highest BCUT2D eigenvalue weighted by Crippen LogP contribution is 2.37. The molecule has 0 aliphatic carbocycles. The highest BCUT2D eigenvalue weighted by atomic mass is 127. The van der Waals surface area contributed by atoms with Crippen molar-refractivity contribution in [1.82, 2.24) is 25.6 Å². The molecule has 0 aliphatic rings. The second-order valence-corrected chi connectivity index (χ2v) is 21.4. The van der Waals surface area contributed by atoms with Crippen molar-refractivity contribution in [3.8, 4) is 23.0 Å². The van der Waals surface area contributed by atoms with E-state index in [9.17, 15) is 14.4 Å². The Morgan fingerprint density at radius 1 is 0.649 bits per heavy atom. The highest BCUT2D eigenvalue weighted by Gasteiger charge is 2.21. The van der Waals surface area contributed by atoms with Crippen LogP contribution in [0.1, 0.15) is 63.9 Å². The maximum Gasteiger partial charge on any atom is 0.437 e. The first-order valence-corrected chi connectivity index (χ1v) is 26.9. The number of aromatic nitrogens is 3. The molecule has 3 aromatic carbocycles. The summed E-state index contributed by atoms with van der Waals surface area (Å²) >= 11 is 6.60. The van der Waals surface area contributed by atoms with Gasteiger partial charge in [-0.05, 0) is 163 Å². The standard InChI is InChI=1S/C50H67I3N6O15/c1-34-26-36(28-43(60)61)27-40(51)44(34)72-39-29-41(52)45(42(53)30-39)71-33-37-32-59(58-57-37)12-13-64-14-15-65-16-17-66-18-19-67-20-21-68-22-23-69-24-25-70-38-10-8-35(9-11-38)31-54-46(55-47(62)73-49(2,3)4)56-48(63)74-50(5,6)7/h8-11,26-27,29-30,32H,12-25,28,31,33H2,1-7H3,(H,60,61)(H2,54,55,56,62,63). The molecule has 0 saturated heterocycles. The summed E-state index contributed by atoms with van der Waals surface area (Å²) in [6.07, 6.45) is 0.166. The minimum Gasteiger partial charge on any atom is -0.491 e. The molecule has 0 aliphatic heterocycles. The molecule has 24 heteroatoms. The summed E-state index contributed by atoms with van der Waals surface area (Å²) in [6, 6.07) is 14.8. The lowest BCUT2D eigenvalue weighted by Gasteiger charge is -2.21. The number of benzene rings is 3. The summed E-state index contributed by atoms with van der Waals surface area (Å²) in [4.78, 5) is 39.6. The Morgan fingerprint density at radius 2 is 1.18 bits per heavy atom. The molecule has 408 valence electrons. The van der Waals surface area contributed by atoms with Gasteiger partial charge in [-0.15, -0.1) is 10.1 Å². The fourth-order valence-corrected chi connectivity index (χ4v) is 9.03. The fraction of sp³-hybridized carbons (Fsp3) is 0.520. The van der Waals surface area contributed by atoms with Gasteiger partial charge in [0.05, 0.1) is 109 Å². The molecule has 0 atom stereocenters. The van der Waals surface area contributed by atoms with E-state index in [1.54, 1.807) is 46.2 Å². The minimum absolute atomic E-state index is 0.0416. The van der Waals surface area contributed by atoms with Crippen LogP contribution >= 0.6 is 67.8 Å². The quantitative estimate of drug-likeness (QED) is 0.0185. The van der Waals surface area contributed by atoms with E-state index in [-0.39, 0.29) is 25.5 Å². The number of hydrogen-bond acceptors (Lipinski definition) is 16. The number of nitrogens with zero attached hydrogens (tertiary/aromatic N) is 4. The lowest BCUT2D eigenvalue weighted by Crippen LogP contribution is -2.44. The summed E-state index contributed by atoms with van der Waals surface area (Å²) < 4.78 is 66.5. The first kappa shape index (κ1) is 62.4. The van der Waals surface area contributed by atoms with Gasteiger partial charge in [0.1, 0.15) is 53.1 Å². The van der Waals surface area contributed by atoms with Crippen molar-refractivity contribution >= 4 is 91.9 Å². The average molecular weight is 1370 g/mol. The zero-order chi connectivity index (χ0) is 53.9. The smallest absolute Gasteiger partial charge is 0.437 e. The Balaban J connectivity index is 0.937. The molecular formula is C50H67I3N6O15. The number of guanidine groups is 1. The first-order valence-electron chi connectivity index (χ1n) is 23.7.